The second-order valence-electron chi connectivity index (χ2n) is 6.76. The molecule has 0 saturated heterocycles. The number of thioether (sulfide) groups is 1. The van der Waals surface area contributed by atoms with Gasteiger partial charge in [-0.25, -0.2) is 22.4 Å². The quantitative estimate of drug-likeness (QED) is 0.386. The van der Waals surface area contributed by atoms with Crippen LogP contribution in [0.4, 0.5) is 22.4 Å². The van der Waals surface area contributed by atoms with Crippen molar-refractivity contribution in [2.75, 3.05) is 12.3 Å². The molecule has 0 bridgehead atoms. The summed E-state index contributed by atoms with van der Waals surface area (Å²) in [5.74, 6) is -4.16. The molecule has 164 valence electrons. The van der Waals surface area contributed by atoms with Crippen LogP contribution in [0.5, 0.6) is 0 Å². The predicted molar refractivity (Wildman–Crippen MR) is 109 cm³/mol. The number of halogens is 4. The molecule has 0 fully saturated rings. The number of allylic oxidation sites excluding steroid dienone is 1. The van der Waals surface area contributed by atoms with Crippen LogP contribution in [0.25, 0.3) is 0 Å². The van der Waals surface area contributed by atoms with Gasteiger partial charge in [0, 0.05) is 30.8 Å². The second kappa shape index (κ2) is 9.91. The normalized spacial score (nSPS) is 14.1. The maximum Gasteiger partial charge on any atom is 0.511 e. The third-order valence-corrected chi connectivity index (χ3v) is 5.64. The summed E-state index contributed by atoms with van der Waals surface area (Å²) >= 11 is 1.04. The predicted octanol–water partition coefficient (Wildman–Crippen LogP) is 6.12. The zero-order valence-corrected chi connectivity index (χ0v) is 17.0. The minimum absolute atomic E-state index is 0.0379. The van der Waals surface area contributed by atoms with E-state index in [2.05, 4.69) is 0 Å². The van der Waals surface area contributed by atoms with Crippen LogP contribution in [0.15, 0.2) is 71.5 Å². The number of hydrogen-bond donors (Lipinski definition) is 1. The lowest BCUT2D eigenvalue weighted by Crippen LogP contribution is -2.26. The zero-order chi connectivity index (χ0) is 22.4. The highest BCUT2D eigenvalue weighted by molar-refractivity contribution is 8.03. The lowest BCUT2D eigenvalue weighted by Gasteiger charge is -2.30. The van der Waals surface area contributed by atoms with Gasteiger partial charge >= 0.3 is 6.16 Å². The van der Waals surface area contributed by atoms with E-state index in [4.69, 9.17) is 9.84 Å². The van der Waals surface area contributed by atoms with E-state index in [1.54, 1.807) is 23.1 Å². The number of ether oxygens (including phenoxy) is 1. The number of carboxylic acid groups (broad SMARTS) is 1. The molecule has 9 heteroatoms. The monoisotopic (exact) mass is 453 g/mol. The Labute approximate surface area is 180 Å². The zero-order valence-electron chi connectivity index (χ0n) is 16.2. The van der Waals surface area contributed by atoms with Crippen molar-refractivity contribution in [3.8, 4) is 0 Å². The number of hydrogen-bond acceptors (Lipinski definition) is 4. The molecule has 4 nitrogen and oxygen atoms in total. The van der Waals surface area contributed by atoms with Crippen LogP contribution < -0.4 is 0 Å². The van der Waals surface area contributed by atoms with Gasteiger partial charge < -0.3 is 14.7 Å². The first-order chi connectivity index (χ1) is 14.7. The van der Waals surface area contributed by atoms with E-state index in [-0.39, 0.29) is 22.9 Å². The summed E-state index contributed by atoms with van der Waals surface area (Å²) in [6, 6.07) is 9.85. The van der Waals surface area contributed by atoms with Gasteiger partial charge in [0.1, 0.15) is 16.7 Å². The van der Waals surface area contributed by atoms with E-state index in [1.807, 2.05) is 0 Å². The fourth-order valence-corrected chi connectivity index (χ4v) is 4.12. The number of carbonyl (C=O) groups is 1. The largest absolute Gasteiger partial charge is 0.511 e. The Morgan fingerprint density at radius 3 is 2.29 bits per heavy atom. The Morgan fingerprint density at radius 2 is 1.68 bits per heavy atom. The molecule has 2 aromatic carbocycles. The van der Waals surface area contributed by atoms with Crippen LogP contribution in [0.3, 0.4) is 0 Å². The van der Waals surface area contributed by atoms with E-state index in [0.29, 0.717) is 18.1 Å². The number of nitrogens with zero attached hydrogens (tertiary/aromatic N) is 1. The molecule has 1 aliphatic heterocycles. The summed E-state index contributed by atoms with van der Waals surface area (Å²) in [6.07, 6.45) is 1.12. The van der Waals surface area contributed by atoms with Crippen LogP contribution in [-0.4, -0.2) is 28.5 Å². The van der Waals surface area contributed by atoms with Gasteiger partial charge in [0.15, 0.2) is 5.76 Å². The lowest BCUT2D eigenvalue weighted by molar-refractivity contribution is -0.00708. The van der Waals surface area contributed by atoms with Crippen molar-refractivity contribution in [1.82, 2.24) is 4.90 Å². The molecule has 0 unspecified atom stereocenters. The second-order valence-corrected chi connectivity index (χ2v) is 7.84. The molecule has 0 atom stereocenters. The first-order valence-electron chi connectivity index (χ1n) is 9.32. The molecule has 0 radical (unpaired) electrons. The molecule has 2 aromatic rings. The number of alkyl halides is 2. The minimum Gasteiger partial charge on any atom is -0.449 e. The highest BCUT2D eigenvalue weighted by Gasteiger charge is 2.32. The van der Waals surface area contributed by atoms with Gasteiger partial charge in [-0.15, -0.1) is 11.8 Å². The highest BCUT2D eigenvalue weighted by Crippen LogP contribution is 2.36. The molecule has 1 heterocycles. The van der Waals surface area contributed by atoms with E-state index >= 15 is 0 Å². The Morgan fingerprint density at radius 1 is 1.06 bits per heavy atom. The molecule has 31 heavy (non-hydrogen) atoms. The molecular weight excluding hydrogens is 434 g/mol. The molecule has 0 amide bonds. The van der Waals surface area contributed by atoms with Crippen molar-refractivity contribution in [2.45, 2.75) is 18.9 Å². The van der Waals surface area contributed by atoms with Crippen LogP contribution >= 0.6 is 11.8 Å². The third-order valence-electron chi connectivity index (χ3n) is 4.50. The van der Waals surface area contributed by atoms with Crippen molar-refractivity contribution in [2.24, 2.45) is 0 Å². The van der Waals surface area contributed by atoms with E-state index < -0.39 is 24.3 Å². The van der Waals surface area contributed by atoms with Crippen LogP contribution in [0.2, 0.25) is 0 Å². The van der Waals surface area contributed by atoms with Gasteiger partial charge in [-0.05, 0) is 35.9 Å². The summed E-state index contributed by atoms with van der Waals surface area (Å²) in [6.45, 7) is 0.717. The van der Waals surface area contributed by atoms with Crippen molar-refractivity contribution < 1.29 is 32.2 Å². The molecule has 1 N–H and O–H groups in total. The fraction of sp³-hybridized carbons (Fsp3) is 0.227. The Balaban J connectivity index is 1.74. The van der Waals surface area contributed by atoms with Crippen LogP contribution in [0, 0.1) is 11.6 Å². The number of benzene rings is 2. The van der Waals surface area contributed by atoms with E-state index in [9.17, 15) is 22.4 Å². The van der Waals surface area contributed by atoms with Gasteiger partial charge in [-0.3, -0.25) is 0 Å². The average molecular weight is 453 g/mol. The highest BCUT2D eigenvalue weighted by atomic mass is 32.2. The third kappa shape index (κ3) is 6.27. The van der Waals surface area contributed by atoms with Crippen molar-refractivity contribution in [3.63, 3.8) is 0 Å². The van der Waals surface area contributed by atoms with Crippen molar-refractivity contribution >= 4 is 17.9 Å². The molecule has 0 aliphatic carbocycles. The Bertz CT molecular complexity index is 975. The van der Waals surface area contributed by atoms with Gasteiger partial charge in [0.05, 0.1) is 0 Å². The summed E-state index contributed by atoms with van der Waals surface area (Å²) < 4.78 is 60.0. The standard InChI is InChI=1S/C22H19F4NO3S/c23-17-7-3-15(4-8-17)14-27-12-1-2-19(30-21(28)29)20(27)31-13-11-22(25,26)16-5-9-18(24)10-6-16/h1-10H,11-14H2,(H,28,29). The summed E-state index contributed by atoms with van der Waals surface area (Å²) in [7, 11) is 0. The van der Waals surface area contributed by atoms with Gasteiger partial charge in [-0.1, -0.05) is 30.3 Å². The van der Waals surface area contributed by atoms with Crippen LogP contribution in [0.1, 0.15) is 17.5 Å². The summed E-state index contributed by atoms with van der Waals surface area (Å²) in [5, 5.41) is 9.40. The van der Waals surface area contributed by atoms with Gasteiger partial charge in [0.2, 0.25) is 0 Å². The maximum absolute atomic E-state index is 14.5. The van der Waals surface area contributed by atoms with Crippen molar-refractivity contribution in [3.05, 3.63) is 94.2 Å². The molecule has 0 saturated carbocycles. The van der Waals surface area contributed by atoms with Gasteiger partial charge in [-0.2, -0.15) is 0 Å². The Hall–Kier alpha value is -2.94. The Kier molecular flexibility index (Phi) is 7.27. The smallest absolute Gasteiger partial charge is 0.449 e. The van der Waals surface area contributed by atoms with Gasteiger partial charge in [0.25, 0.3) is 5.92 Å². The van der Waals surface area contributed by atoms with E-state index in [0.717, 1.165) is 41.6 Å². The average Bonchev–Trinajstić information content (AvgIpc) is 2.71. The van der Waals surface area contributed by atoms with E-state index in [1.165, 1.54) is 18.2 Å². The fourth-order valence-electron chi connectivity index (χ4n) is 2.99. The summed E-state index contributed by atoms with van der Waals surface area (Å²) in [5.41, 5.74) is 0.471. The molecule has 0 spiro atoms. The summed E-state index contributed by atoms with van der Waals surface area (Å²) in [4.78, 5) is 12.8. The first-order valence-corrected chi connectivity index (χ1v) is 10.3. The molecular formula is C22H19F4NO3S. The van der Waals surface area contributed by atoms with Crippen molar-refractivity contribution in [1.29, 1.82) is 0 Å². The minimum atomic E-state index is -3.18. The van der Waals surface area contributed by atoms with Crippen LogP contribution in [-0.2, 0) is 17.2 Å². The first kappa shape index (κ1) is 22.7. The SMILES string of the molecule is O=C(O)OC1=C(SCCC(F)(F)c2ccc(F)cc2)N(Cc2ccc(F)cc2)CC=C1. The molecule has 3 rings (SSSR count). The molecule has 0 aromatic heterocycles. The number of rotatable bonds is 8. The lowest BCUT2D eigenvalue weighted by atomic mass is 10.1. The molecule has 1 aliphatic rings. The topological polar surface area (TPSA) is 49.8 Å². The maximum atomic E-state index is 14.5.